The van der Waals surface area contributed by atoms with E-state index < -0.39 is 25.5 Å². The van der Waals surface area contributed by atoms with Gasteiger partial charge in [-0.1, -0.05) is 24.6 Å². The summed E-state index contributed by atoms with van der Waals surface area (Å²) in [5.41, 5.74) is -0.506. The molecule has 0 amide bonds. The zero-order valence-corrected chi connectivity index (χ0v) is 15.7. The number of nitro groups is 1. The molecule has 1 aromatic carbocycles. The van der Waals surface area contributed by atoms with Crippen LogP contribution >= 0.6 is 24.0 Å². The number of hydrogen-bond donors (Lipinski definition) is 1. The predicted octanol–water partition coefficient (Wildman–Crippen LogP) is 2.82. The second-order valence-corrected chi connectivity index (χ2v) is 7.64. The van der Waals surface area contributed by atoms with Crippen molar-refractivity contribution in [3.63, 3.8) is 0 Å². The Morgan fingerprint density at radius 3 is 2.54 bits per heavy atom. The fourth-order valence-corrected chi connectivity index (χ4v) is 4.79. The maximum Gasteiger partial charge on any atom is 0.290 e. The Hall–Kier alpha value is -0.930. The smallest absolute Gasteiger partial charge is 0.290 e. The van der Waals surface area contributed by atoms with E-state index in [4.69, 9.17) is 11.6 Å². The fraction of sp³-hybridized carbons (Fsp3) is 0.571. The highest BCUT2D eigenvalue weighted by molar-refractivity contribution is 7.89. The van der Waals surface area contributed by atoms with Crippen molar-refractivity contribution in [2.45, 2.75) is 37.1 Å². The van der Waals surface area contributed by atoms with Crippen molar-refractivity contribution >= 4 is 39.7 Å². The Morgan fingerprint density at radius 2 is 2.00 bits per heavy atom. The van der Waals surface area contributed by atoms with Gasteiger partial charge in [-0.3, -0.25) is 10.1 Å². The lowest BCUT2D eigenvalue weighted by molar-refractivity contribution is -0.387. The highest BCUT2D eigenvalue weighted by Crippen LogP contribution is 2.31. The zero-order valence-electron chi connectivity index (χ0n) is 13.3. The molecule has 0 atom stereocenters. The minimum absolute atomic E-state index is 0. The van der Waals surface area contributed by atoms with Crippen molar-refractivity contribution in [3.05, 3.63) is 33.3 Å². The van der Waals surface area contributed by atoms with E-state index >= 15 is 0 Å². The molecule has 24 heavy (non-hydrogen) atoms. The van der Waals surface area contributed by atoms with Gasteiger partial charge < -0.3 is 4.90 Å². The first-order chi connectivity index (χ1) is 10.8. The summed E-state index contributed by atoms with van der Waals surface area (Å²) in [7, 11) is -4.04. The summed E-state index contributed by atoms with van der Waals surface area (Å²) in [6.07, 6.45) is 2.41. The highest BCUT2D eigenvalue weighted by Gasteiger charge is 2.31. The van der Waals surface area contributed by atoms with Crippen molar-refractivity contribution in [2.75, 3.05) is 19.6 Å². The van der Waals surface area contributed by atoms with Crippen molar-refractivity contribution in [2.24, 2.45) is 0 Å². The van der Waals surface area contributed by atoms with Crippen LogP contribution in [0.3, 0.4) is 0 Å². The van der Waals surface area contributed by atoms with Crippen LogP contribution in [0.1, 0.15) is 26.2 Å². The van der Waals surface area contributed by atoms with Gasteiger partial charge in [0.15, 0.2) is 4.90 Å². The lowest BCUT2D eigenvalue weighted by Gasteiger charge is -2.31. The number of nitrogens with zero attached hydrogens (tertiary/aromatic N) is 2. The van der Waals surface area contributed by atoms with Gasteiger partial charge in [0.25, 0.3) is 5.69 Å². The number of piperidine rings is 1. The van der Waals surface area contributed by atoms with Crippen LogP contribution in [-0.4, -0.2) is 43.9 Å². The summed E-state index contributed by atoms with van der Waals surface area (Å²) >= 11 is 5.91. The monoisotopic (exact) mass is 397 g/mol. The average molecular weight is 398 g/mol. The Bertz CT molecular complexity index is 677. The molecule has 1 aliphatic rings. The summed E-state index contributed by atoms with van der Waals surface area (Å²) in [6.45, 7) is 4.72. The third kappa shape index (κ3) is 5.03. The van der Waals surface area contributed by atoms with Crippen LogP contribution in [0.2, 0.25) is 5.02 Å². The minimum Gasteiger partial charge on any atom is -0.303 e. The van der Waals surface area contributed by atoms with Gasteiger partial charge in [-0.05, 0) is 45.0 Å². The number of rotatable bonds is 6. The number of likely N-dealkylation sites (tertiary alicyclic amines) is 1. The lowest BCUT2D eigenvalue weighted by atomic mass is 10.1. The molecule has 0 saturated carbocycles. The Morgan fingerprint density at radius 1 is 1.38 bits per heavy atom. The number of hydrogen-bond acceptors (Lipinski definition) is 5. The molecule has 0 aliphatic carbocycles. The molecule has 10 heteroatoms. The standard InChI is InChI=1S/C14H20ClN3O4S.ClH/c1-2-8-17-9-6-11(7-10-17)16-23(21,22)14-12(15)4-3-5-13(14)18(19)20;/h3-5,11,16H,2,6-10H2,1H3;1H. The second kappa shape index (κ2) is 8.96. The maximum absolute atomic E-state index is 12.5. The highest BCUT2D eigenvalue weighted by atomic mass is 35.5. The molecule has 1 fully saturated rings. The molecular formula is C14H21Cl2N3O4S. The third-order valence-corrected chi connectivity index (χ3v) is 5.90. The molecule has 2 rings (SSSR count). The molecule has 0 radical (unpaired) electrons. The molecular weight excluding hydrogens is 377 g/mol. The van der Waals surface area contributed by atoms with Gasteiger partial charge >= 0.3 is 0 Å². The lowest BCUT2D eigenvalue weighted by Crippen LogP contribution is -2.44. The van der Waals surface area contributed by atoms with Crippen LogP contribution in [0, 0.1) is 10.1 Å². The largest absolute Gasteiger partial charge is 0.303 e. The van der Waals surface area contributed by atoms with E-state index in [0.29, 0.717) is 12.8 Å². The van der Waals surface area contributed by atoms with Gasteiger partial charge in [0, 0.05) is 12.1 Å². The summed E-state index contributed by atoms with van der Waals surface area (Å²) in [6, 6.07) is 3.61. The number of nitrogens with one attached hydrogen (secondary N) is 1. The Balaban J connectivity index is 0.00000288. The first-order valence-corrected chi connectivity index (χ1v) is 9.39. The van der Waals surface area contributed by atoms with Gasteiger partial charge in [0.2, 0.25) is 10.0 Å². The molecule has 1 heterocycles. The fourth-order valence-electron chi connectivity index (χ4n) is 2.78. The minimum atomic E-state index is -4.04. The summed E-state index contributed by atoms with van der Waals surface area (Å²) in [4.78, 5) is 12.2. The SMILES string of the molecule is CCCN1CCC(NS(=O)(=O)c2c(Cl)cccc2[N+](=O)[O-])CC1.Cl. The van der Waals surface area contributed by atoms with Gasteiger partial charge in [-0.2, -0.15) is 0 Å². The second-order valence-electron chi connectivity index (χ2n) is 5.58. The first-order valence-electron chi connectivity index (χ1n) is 7.52. The van der Waals surface area contributed by atoms with Crippen LogP contribution in [0.25, 0.3) is 0 Å². The third-order valence-electron chi connectivity index (χ3n) is 3.86. The van der Waals surface area contributed by atoms with E-state index in [9.17, 15) is 18.5 Å². The van der Waals surface area contributed by atoms with Crippen LogP contribution < -0.4 is 4.72 Å². The Labute approximate surface area is 153 Å². The van der Waals surface area contributed by atoms with E-state index in [-0.39, 0.29) is 23.5 Å². The molecule has 1 aliphatic heterocycles. The Kier molecular flexibility index (Phi) is 7.88. The number of benzene rings is 1. The van der Waals surface area contributed by atoms with E-state index in [1.165, 1.54) is 12.1 Å². The summed E-state index contributed by atoms with van der Waals surface area (Å²) < 4.78 is 27.6. The van der Waals surface area contributed by atoms with Crippen molar-refractivity contribution < 1.29 is 13.3 Å². The number of sulfonamides is 1. The van der Waals surface area contributed by atoms with Gasteiger partial charge in [0.1, 0.15) is 0 Å². The zero-order chi connectivity index (χ0) is 17.0. The molecule has 0 unspecified atom stereocenters. The van der Waals surface area contributed by atoms with E-state index in [0.717, 1.165) is 32.1 Å². The molecule has 136 valence electrons. The molecule has 1 N–H and O–H groups in total. The van der Waals surface area contributed by atoms with Gasteiger partial charge in [-0.25, -0.2) is 13.1 Å². The number of halogens is 2. The van der Waals surface area contributed by atoms with Gasteiger partial charge in [0.05, 0.1) is 9.95 Å². The summed E-state index contributed by atoms with van der Waals surface area (Å²) in [5, 5.41) is 10.9. The van der Waals surface area contributed by atoms with Crippen molar-refractivity contribution in [1.82, 2.24) is 9.62 Å². The van der Waals surface area contributed by atoms with Crippen LogP contribution in [-0.2, 0) is 10.0 Å². The van der Waals surface area contributed by atoms with Crippen molar-refractivity contribution in [3.8, 4) is 0 Å². The molecule has 0 spiro atoms. The maximum atomic E-state index is 12.5. The van der Waals surface area contributed by atoms with Crippen LogP contribution in [0.4, 0.5) is 5.69 Å². The molecule has 0 bridgehead atoms. The molecule has 1 aromatic rings. The van der Waals surface area contributed by atoms with E-state index in [1.54, 1.807) is 0 Å². The van der Waals surface area contributed by atoms with Crippen LogP contribution in [0.5, 0.6) is 0 Å². The number of nitro benzene ring substituents is 1. The predicted molar refractivity (Wildman–Crippen MR) is 95.4 cm³/mol. The average Bonchev–Trinajstić information content (AvgIpc) is 2.48. The summed E-state index contributed by atoms with van der Waals surface area (Å²) in [5.74, 6) is 0. The first kappa shape index (κ1) is 21.1. The molecule has 7 nitrogen and oxygen atoms in total. The van der Waals surface area contributed by atoms with E-state index in [2.05, 4.69) is 16.5 Å². The van der Waals surface area contributed by atoms with Gasteiger partial charge in [-0.15, -0.1) is 12.4 Å². The van der Waals surface area contributed by atoms with E-state index in [1.807, 2.05) is 0 Å². The van der Waals surface area contributed by atoms with Crippen LogP contribution in [0.15, 0.2) is 23.1 Å². The quantitative estimate of drug-likeness (QED) is 0.588. The van der Waals surface area contributed by atoms with Crippen molar-refractivity contribution in [1.29, 1.82) is 0 Å². The molecule has 0 aromatic heterocycles. The topological polar surface area (TPSA) is 92.6 Å². The molecule has 1 saturated heterocycles. The normalized spacial score (nSPS) is 16.6.